The summed E-state index contributed by atoms with van der Waals surface area (Å²) in [6.07, 6.45) is 6.06. The van der Waals surface area contributed by atoms with Gasteiger partial charge in [0.25, 0.3) is 0 Å². The summed E-state index contributed by atoms with van der Waals surface area (Å²) in [5, 5.41) is 0. The van der Waals surface area contributed by atoms with E-state index in [2.05, 4.69) is 0 Å². The van der Waals surface area contributed by atoms with Gasteiger partial charge >= 0.3 is 5.97 Å². The van der Waals surface area contributed by atoms with Crippen LogP contribution in [0.1, 0.15) is 39.0 Å². The Morgan fingerprint density at radius 1 is 1.31 bits per heavy atom. The lowest BCUT2D eigenvalue weighted by Gasteiger charge is -2.20. The van der Waals surface area contributed by atoms with Crippen molar-refractivity contribution in [1.82, 2.24) is 0 Å². The van der Waals surface area contributed by atoms with E-state index in [1.54, 1.807) is 0 Å². The van der Waals surface area contributed by atoms with E-state index in [1.165, 1.54) is 6.92 Å². The predicted octanol–water partition coefficient (Wildman–Crippen LogP) is 1.65. The molecule has 0 saturated carbocycles. The van der Waals surface area contributed by atoms with Crippen LogP contribution < -0.4 is 0 Å². The van der Waals surface area contributed by atoms with Gasteiger partial charge in [-0.2, -0.15) is 0 Å². The Hall–Kier alpha value is -0.570. The van der Waals surface area contributed by atoms with Gasteiger partial charge in [0.15, 0.2) is 0 Å². The fraction of sp³-hybridized carbons (Fsp3) is 0.900. The molecule has 74 valence electrons. The number of hydrogen-bond acceptors (Lipinski definition) is 3. The smallest absolute Gasteiger partial charge is 0.302 e. The van der Waals surface area contributed by atoms with Crippen molar-refractivity contribution in [2.45, 2.75) is 57.3 Å². The molecule has 0 radical (unpaired) electrons. The Morgan fingerprint density at radius 3 is 2.92 bits per heavy atom. The third-order valence-corrected chi connectivity index (χ3v) is 2.89. The average Bonchev–Trinajstić information content (AvgIpc) is 2.40. The van der Waals surface area contributed by atoms with Crippen molar-refractivity contribution < 1.29 is 14.3 Å². The van der Waals surface area contributed by atoms with Crippen LogP contribution in [0.2, 0.25) is 0 Å². The van der Waals surface area contributed by atoms with Gasteiger partial charge in [-0.1, -0.05) is 0 Å². The number of esters is 1. The summed E-state index contributed by atoms with van der Waals surface area (Å²) >= 11 is 0. The van der Waals surface area contributed by atoms with Crippen LogP contribution in [0.15, 0.2) is 0 Å². The molecule has 2 heterocycles. The highest BCUT2D eigenvalue weighted by atomic mass is 16.6. The lowest BCUT2D eigenvalue weighted by atomic mass is 9.99. The Kier molecular flexibility index (Phi) is 2.54. The van der Waals surface area contributed by atoms with E-state index in [-0.39, 0.29) is 18.2 Å². The molecule has 3 nitrogen and oxygen atoms in total. The minimum Gasteiger partial charge on any atom is -0.460 e. The third kappa shape index (κ3) is 2.02. The number of carbonyl (C=O) groups is 1. The van der Waals surface area contributed by atoms with Crippen LogP contribution in [-0.4, -0.2) is 24.3 Å². The molecule has 13 heavy (non-hydrogen) atoms. The molecule has 0 aliphatic carbocycles. The molecule has 3 heteroatoms. The topological polar surface area (TPSA) is 35.5 Å². The van der Waals surface area contributed by atoms with Crippen molar-refractivity contribution in [2.24, 2.45) is 0 Å². The summed E-state index contributed by atoms with van der Waals surface area (Å²) in [4.78, 5) is 10.8. The molecule has 2 rings (SSSR count). The predicted molar refractivity (Wildman–Crippen MR) is 47.3 cm³/mol. The maximum absolute atomic E-state index is 10.8. The summed E-state index contributed by atoms with van der Waals surface area (Å²) in [5.74, 6) is -0.182. The number of rotatable bonds is 1. The number of hydrogen-bond donors (Lipinski definition) is 0. The van der Waals surface area contributed by atoms with E-state index in [9.17, 15) is 4.79 Å². The monoisotopic (exact) mass is 184 g/mol. The summed E-state index contributed by atoms with van der Waals surface area (Å²) in [6.45, 7) is 1.47. The molecule has 3 atom stereocenters. The van der Waals surface area contributed by atoms with Crippen molar-refractivity contribution in [3.63, 3.8) is 0 Å². The molecule has 0 amide bonds. The van der Waals surface area contributed by atoms with Crippen LogP contribution >= 0.6 is 0 Å². The summed E-state index contributed by atoms with van der Waals surface area (Å²) in [5.41, 5.74) is 0. The fourth-order valence-electron chi connectivity index (χ4n) is 2.30. The molecule has 0 spiro atoms. The maximum atomic E-state index is 10.8. The molecule has 2 aliphatic rings. The zero-order valence-corrected chi connectivity index (χ0v) is 7.99. The van der Waals surface area contributed by atoms with Gasteiger partial charge in [-0.3, -0.25) is 4.79 Å². The quantitative estimate of drug-likeness (QED) is 0.581. The highest BCUT2D eigenvalue weighted by Gasteiger charge is 2.35. The summed E-state index contributed by atoms with van der Waals surface area (Å²) in [7, 11) is 0. The molecule has 2 saturated heterocycles. The Morgan fingerprint density at radius 2 is 2.15 bits per heavy atom. The second-order valence-electron chi connectivity index (χ2n) is 3.95. The van der Waals surface area contributed by atoms with E-state index in [4.69, 9.17) is 9.47 Å². The van der Waals surface area contributed by atoms with Gasteiger partial charge in [0.2, 0.25) is 0 Å². The first-order valence-corrected chi connectivity index (χ1v) is 5.08. The minimum absolute atomic E-state index is 0.0185. The second-order valence-corrected chi connectivity index (χ2v) is 3.95. The van der Waals surface area contributed by atoms with Crippen LogP contribution in [0, 0.1) is 0 Å². The molecule has 0 aromatic heterocycles. The van der Waals surface area contributed by atoms with Gasteiger partial charge < -0.3 is 9.47 Å². The van der Waals surface area contributed by atoms with Crippen molar-refractivity contribution in [3.8, 4) is 0 Å². The normalized spacial score (nSPS) is 38.4. The second kappa shape index (κ2) is 3.66. The molecule has 0 aromatic carbocycles. The highest BCUT2D eigenvalue weighted by molar-refractivity contribution is 5.66. The summed E-state index contributed by atoms with van der Waals surface area (Å²) in [6, 6.07) is 0. The zero-order valence-electron chi connectivity index (χ0n) is 7.99. The molecule has 0 unspecified atom stereocenters. The van der Waals surface area contributed by atoms with E-state index in [1.807, 2.05) is 0 Å². The molecular formula is C10H16O3. The van der Waals surface area contributed by atoms with Crippen LogP contribution in [0.25, 0.3) is 0 Å². The molecule has 0 aromatic rings. The van der Waals surface area contributed by atoms with Crippen LogP contribution in [0.5, 0.6) is 0 Å². The van der Waals surface area contributed by atoms with E-state index >= 15 is 0 Å². The van der Waals surface area contributed by atoms with Crippen LogP contribution in [0.3, 0.4) is 0 Å². The van der Waals surface area contributed by atoms with Gasteiger partial charge in [-0.05, 0) is 32.1 Å². The number of carbonyl (C=O) groups excluding carboxylic acids is 1. The van der Waals surface area contributed by atoms with Crippen molar-refractivity contribution in [3.05, 3.63) is 0 Å². The highest BCUT2D eigenvalue weighted by Crippen LogP contribution is 2.32. The van der Waals surface area contributed by atoms with Gasteiger partial charge in [0.05, 0.1) is 12.2 Å². The first-order valence-electron chi connectivity index (χ1n) is 5.08. The van der Waals surface area contributed by atoms with Gasteiger partial charge in [-0.25, -0.2) is 0 Å². The Balaban J connectivity index is 1.97. The average molecular weight is 184 g/mol. The first-order chi connectivity index (χ1) is 6.25. The maximum Gasteiger partial charge on any atom is 0.302 e. The number of fused-ring (bicyclic) bond motifs is 2. The molecule has 2 aliphatic heterocycles. The van der Waals surface area contributed by atoms with Crippen LogP contribution in [-0.2, 0) is 14.3 Å². The van der Waals surface area contributed by atoms with Gasteiger partial charge in [0.1, 0.15) is 6.10 Å². The molecular weight excluding hydrogens is 168 g/mol. The molecule has 2 fully saturated rings. The molecule has 2 bridgehead atoms. The standard InChI is InChI=1S/C10H16O3/c1-7(11)12-9-4-2-3-8-5-6-10(9)13-8/h8-10H,2-6H2,1H3/t8-,9-,10+/m0/s1. The van der Waals surface area contributed by atoms with Crippen molar-refractivity contribution in [2.75, 3.05) is 0 Å². The molecule has 0 N–H and O–H groups in total. The van der Waals surface area contributed by atoms with Crippen molar-refractivity contribution in [1.29, 1.82) is 0 Å². The van der Waals surface area contributed by atoms with Gasteiger partial charge in [0, 0.05) is 6.92 Å². The first kappa shape index (κ1) is 9.00. The number of ether oxygens (including phenoxy) is 2. The SMILES string of the molecule is CC(=O)O[C@H]1CCC[C@H]2CC[C@H]1O2. The Labute approximate surface area is 78.4 Å². The minimum atomic E-state index is -0.182. The lowest BCUT2D eigenvalue weighted by molar-refractivity contribution is -0.153. The zero-order chi connectivity index (χ0) is 9.26. The van der Waals surface area contributed by atoms with E-state index < -0.39 is 0 Å². The van der Waals surface area contributed by atoms with E-state index in [0.717, 1.165) is 32.1 Å². The lowest BCUT2D eigenvalue weighted by Crippen LogP contribution is -2.29. The van der Waals surface area contributed by atoms with E-state index in [0.29, 0.717) is 6.10 Å². The Bertz CT molecular complexity index is 202. The summed E-state index contributed by atoms with van der Waals surface area (Å²) < 4.78 is 11.0. The van der Waals surface area contributed by atoms with Gasteiger partial charge in [-0.15, -0.1) is 0 Å². The fourth-order valence-corrected chi connectivity index (χ4v) is 2.30. The third-order valence-electron chi connectivity index (χ3n) is 2.89. The van der Waals surface area contributed by atoms with Crippen molar-refractivity contribution >= 4 is 5.97 Å². The van der Waals surface area contributed by atoms with Crippen LogP contribution in [0.4, 0.5) is 0 Å². The largest absolute Gasteiger partial charge is 0.460 e.